The van der Waals surface area contributed by atoms with E-state index in [-0.39, 0.29) is 30.5 Å². The van der Waals surface area contributed by atoms with Crippen molar-refractivity contribution in [3.63, 3.8) is 0 Å². The predicted molar refractivity (Wildman–Crippen MR) is 78.9 cm³/mol. The normalized spacial score (nSPS) is 34.2. The number of hydrogen-bond acceptors (Lipinski definition) is 4. The van der Waals surface area contributed by atoms with Crippen molar-refractivity contribution in [2.24, 2.45) is 5.92 Å². The second kappa shape index (κ2) is 6.79. The molecule has 0 aromatic heterocycles. The zero-order valence-electron chi connectivity index (χ0n) is 12.2. The summed E-state index contributed by atoms with van der Waals surface area (Å²) in [4.78, 5) is 24.5. The summed E-state index contributed by atoms with van der Waals surface area (Å²) in [6.07, 6.45) is 5.41. The minimum absolute atomic E-state index is 0.142. The number of morpholine rings is 1. The van der Waals surface area contributed by atoms with E-state index in [1.165, 1.54) is 0 Å². The maximum Gasteiger partial charge on any atom is 0.335 e. The van der Waals surface area contributed by atoms with E-state index in [1.54, 1.807) is 6.92 Å². The third-order valence-corrected chi connectivity index (χ3v) is 4.60. The predicted octanol–water partition coefficient (Wildman–Crippen LogP) is 1.52. The number of esters is 1. The molecule has 2 rings (SSSR count). The standard InChI is InChI=1S/C15H22ClNO4/c1-2-15(12(18)10-6-4-3-5-7-10)14(20)21-11(8-9-16)13(19)17-15/h4,6,10-12,18H,2-3,5,7-9H2,1H3,(H,17,19)/t10-,11+,12+,15-/m1/s1. The quantitative estimate of drug-likeness (QED) is 0.458. The van der Waals surface area contributed by atoms with Crippen LogP contribution in [0, 0.1) is 5.92 Å². The van der Waals surface area contributed by atoms with Gasteiger partial charge in [-0.05, 0) is 25.7 Å². The molecule has 0 aromatic carbocycles. The number of aliphatic hydroxyl groups is 1. The Kier molecular flexibility index (Phi) is 5.27. The molecule has 1 heterocycles. The Morgan fingerprint density at radius 1 is 1.57 bits per heavy atom. The zero-order chi connectivity index (χ0) is 15.5. The van der Waals surface area contributed by atoms with Crippen molar-refractivity contribution in [1.29, 1.82) is 0 Å². The SMILES string of the molecule is CC[C@]1([C@@H](O)[C@@H]2C=CCCC2)NC(=O)[C@H](CCCl)OC1=O. The Hall–Kier alpha value is -1.07. The summed E-state index contributed by atoms with van der Waals surface area (Å²) in [7, 11) is 0. The lowest BCUT2D eigenvalue weighted by Crippen LogP contribution is -2.69. The van der Waals surface area contributed by atoms with Crippen LogP contribution in [0.15, 0.2) is 12.2 Å². The molecule has 0 spiro atoms. The molecule has 21 heavy (non-hydrogen) atoms. The highest BCUT2D eigenvalue weighted by Crippen LogP contribution is 2.32. The first kappa shape index (κ1) is 16.3. The van der Waals surface area contributed by atoms with Gasteiger partial charge in [0.15, 0.2) is 11.6 Å². The number of hydrogen-bond donors (Lipinski definition) is 2. The number of halogens is 1. The van der Waals surface area contributed by atoms with Gasteiger partial charge in [0.2, 0.25) is 0 Å². The summed E-state index contributed by atoms with van der Waals surface area (Å²) in [6.45, 7) is 1.76. The molecule has 1 aliphatic carbocycles. The van der Waals surface area contributed by atoms with E-state index in [2.05, 4.69) is 5.32 Å². The maximum absolute atomic E-state index is 12.4. The van der Waals surface area contributed by atoms with Gasteiger partial charge in [-0.15, -0.1) is 11.6 Å². The van der Waals surface area contributed by atoms with Gasteiger partial charge in [-0.25, -0.2) is 4.79 Å². The van der Waals surface area contributed by atoms with Crippen molar-refractivity contribution in [3.8, 4) is 0 Å². The van der Waals surface area contributed by atoms with Crippen molar-refractivity contribution in [2.75, 3.05) is 5.88 Å². The van der Waals surface area contributed by atoms with E-state index >= 15 is 0 Å². The van der Waals surface area contributed by atoms with Crippen molar-refractivity contribution >= 4 is 23.5 Å². The second-order valence-corrected chi connectivity index (χ2v) is 6.03. The molecule has 1 fully saturated rings. The van der Waals surface area contributed by atoms with Crippen LogP contribution < -0.4 is 5.32 Å². The Labute approximate surface area is 129 Å². The number of rotatable bonds is 5. The third-order valence-electron chi connectivity index (χ3n) is 4.38. The molecule has 4 atom stereocenters. The number of aliphatic hydroxyl groups excluding tert-OH is 1. The summed E-state index contributed by atoms with van der Waals surface area (Å²) < 4.78 is 5.24. The van der Waals surface area contributed by atoms with Gasteiger partial charge in [0, 0.05) is 18.2 Å². The van der Waals surface area contributed by atoms with Crippen molar-refractivity contribution in [1.82, 2.24) is 5.32 Å². The minimum Gasteiger partial charge on any atom is -0.450 e. The molecule has 1 saturated heterocycles. The van der Waals surface area contributed by atoms with Gasteiger partial charge in [-0.2, -0.15) is 0 Å². The second-order valence-electron chi connectivity index (χ2n) is 5.65. The van der Waals surface area contributed by atoms with Gasteiger partial charge < -0.3 is 15.2 Å². The minimum atomic E-state index is -1.35. The number of ether oxygens (including phenoxy) is 1. The van der Waals surface area contributed by atoms with Crippen LogP contribution in [-0.4, -0.2) is 40.6 Å². The van der Waals surface area contributed by atoms with Crippen LogP contribution in [0.2, 0.25) is 0 Å². The van der Waals surface area contributed by atoms with Crippen LogP contribution in [0.1, 0.15) is 39.0 Å². The molecule has 0 radical (unpaired) electrons. The molecule has 0 aromatic rings. The molecule has 5 nitrogen and oxygen atoms in total. The monoisotopic (exact) mass is 315 g/mol. The Balaban J connectivity index is 2.20. The van der Waals surface area contributed by atoms with Crippen LogP contribution in [0.25, 0.3) is 0 Å². The van der Waals surface area contributed by atoms with E-state index in [0.29, 0.717) is 0 Å². The summed E-state index contributed by atoms with van der Waals surface area (Å²) in [5, 5.41) is 13.4. The van der Waals surface area contributed by atoms with E-state index in [0.717, 1.165) is 19.3 Å². The number of allylic oxidation sites excluding steroid dienone is 1. The molecule has 0 saturated carbocycles. The lowest BCUT2D eigenvalue weighted by Gasteiger charge is -2.43. The van der Waals surface area contributed by atoms with Crippen molar-refractivity contribution in [2.45, 2.75) is 56.8 Å². The molecular formula is C15H22ClNO4. The van der Waals surface area contributed by atoms with Crippen LogP contribution in [0.3, 0.4) is 0 Å². The summed E-state index contributed by atoms with van der Waals surface area (Å²) in [5.41, 5.74) is -1.35. The molecule has 1 aliphatic heterocycles. The van der Waals surface area contributed by atoms with Gasteiger partial charge in [-0.3, -0.25) is 4.79 Å². The zero-order valence-corrected chi connectivity index (χ0v) is 12.9. The first-order valence-corrected chi connectivity index (χ1v) is 8.02. The fourth-order valence-corrected chi connectivity index (χ4v) is 3.23. The molecule has 2 N–H and O–H groups in total. The number of alkyl halides is 1. The van der Waals surface area contributed by atoms with Gasteiger partial charge in [0.05, 0.1) is 6.10 Å². The summed E-state index contributed by atoms with van der Waals surface area (Å²) in [6, 6.07) is 0. The van der Waals surface area contributed by atoms with E-state index in [1.807, 2.05) is 12.2 Å². The van der Waals surface area contributed by atoms with Gasteiger partial charge in [0.25, 0.3) is 5.91 Å². The molecule has 1 amide bonds. The highest BCUT2D eigenvalue weighted by atomic mass is 35.5. The lowest BCUT2D eigenvalue weighted by molar-refractivity contribution is -0.180. The molecule has 6 heteroatoms. The number of carbonyl (C=O) groups is 2. The average molecular weight is 316 g/mol. The van der Waals surface area contributed by atoms with E-state index in [4.69, 9.17) is 16.3 Å². The molecular weight excluding hydrogens is 294 g/mol. The number of amides is 1. The Morgan fingerprint density at radius 3 is 2.90 bits per heavy atom. The van der Waals surface area contributed by atoms with Gasteiger partial charge in [-0.1, -0.05) is 19.1 Å². The summed E-state index contributed by atoms with van der Waals surface area (Å²) in [5.74, 6) is -0.850. The van der Waals surface area contributed by atoms with Crippen molar-refractivity contribution < 1.29 is 19.4 Å². The van der Waals surface area contributed by atoms with Crippen molar-refractivity contribution in [3.05, 3.63) is 12.2 Å². The Bertz CT molecular complexity index is 439. The molecule has 118 valence electrons. The Morgan fingerprint density at radius 2 is 2.33 bits per heavy atom. The topological polar surface area (TPSA) is 75.6 Å². The van der Waals surface area contributed by atoms with Crippen LogP contribution in [0.4, 0.5) is 0 Å². The number of cyclic esters (lactones) is 1. The maximum atomic E-state index is 12.4. The molecule has 2 aliphatic rings. The highest BCUT2D eigenvalue weighted by Gasteiger charge is 2.53. The average Bonchev–Trinajstić information content (AvgIpc) is 2.51. The van der Waals surface area contributed by atoms with Crippen LogP contribution >= 0.6 is 11.6 Å². The third kappa shape index (κ3) is 3.09. The highest BCUT2D eigenvalue weighted by molar-refractivity contribution is 6.18. The first-order chi connectivity index (χ1) is 10.0. The smallest absolute Gasteiger partial charge is 0.335 e. The molecule has 0 unspecified atom stereocenters. The lowest BCUT2D eigenvalue weighted by atomic mass is 9.77. The van der Waals surface area contributed by atoms with Gasteiger partial charge >= 0.3 is 5.97 Å². The fourth-order valence-electron chi connectivity index (χ4n) is 3.03. The van der Waals surface area contributed by atoms with E-state index in [9.17, 15) is 14.7 Å². The number of carbonyl (C=O) groups excluding carboxylic acids is 2. The fraction of sp³-hybridized carbons (Fsp3) is 0.733. The largest absolute Gasteiger partial charge is 0.450 e. The van der Waals surface area contributed by atoms with Crippen LogP contribution in [0.5, 0.6) is 0 Å². The first-order valence-electron chi connectivity index (χ1n) is 7.49. The molecule has 0 bridgehead atoms. The van der Waals surface area contributed by atoms with Gasteiger partial charge in [0.1, 0.15) is 0 Å². The number of nitrogens with one attached hydrogen (secondary N) is 1. The van der Waals surface area contributed by atoms with E-state index < -0.39 is 23.7 Å². The summed E-state index contributed by atoms with van der Waals surface area (Å²) >= 11 is 5.61. The van der Waals surface area contributed by atoms with Crippen LogP contribution in [-0.2, 0) is 14.3 Å².